The average molecular weight is 379 g/mol. The van der Waals surface area contributed by atoms with Gasteiger partial charge in [-0.2, -0.15) is 0 Å². The zero-order chi connectivity index (χ0) is 18.6. The van der Waals surface area contributed by atoms with E-state index >= 15 is 0 Å². The van der Waals surface area contributed by atoms with E-state index < -0.39 is 12.1 Å². The summed E-state index contributed by atoms with van der Waals surface area (Å²) in [5.74, 6) is -0.388. The Morgan fingerprint density at radius 1 is 1.04 bits per heavy atom. The second-order valence-corrected chi connectivity index (χ2v) is 7.63. The number of thiophene rings is 1. The topological polar surface area (TPSA) is 49.8 Å². The summed E-state index contributed by atoms with van der Waals surface area (Å²) in [5.41, 5.74) is 3.11. The molecule has 0 amide bonds. The first-order valence-corrected chi connectivity index (χ1v) is 9.83. The van der Waals surface area contributed by atoms with Gasteiger partial charge in [0.15, 0.2) is 0 Å². The number of esters is 1. The smallest absolute Gasteiger partial charge is 0.326 e. The molecule has 0 saturated carbocycles. The van der Waals surface area contributed by atoms with Crippen molar-refractivity contribution in [1.82, 2.24) is 4.90 Å². The van der Waals surface area contributed by atoms with Gasteiger partial charge in [-0.3, -0.25) is 9.69 Å². The molecule has 1 aliphatic rings. The molecule has 2 unspecified atom stereocenters. The number of hydrogen-bond donors (Lipinski definition) is 1. The molecule has 0 radical (unpaired) electrons. The molecule has 0 fully saturated rings. The molecule has 4 nitrogen and oxygen atoms in total. The van der Waals surface area contributed by atoms with Crippen molar-refractivity contribution in [1.29, 1.82) is 0 Å². The van der Waals surface area contributed by atoms with Crippen molar-refractivity contribution in [3.63, 3.8) is 0 Å². The van der Waals surface area contributed by atoms with Crippen molar-refractivity contribution in [2.45, 2.75) is 31.8 Å². The number of rotatable bonds is 5. The minimum absolute atomic E-state index is 0.208. The van der Waals surface area contributed by atoms with Gasteiger partial charge < -0.3 is 9.84 Å². The third-order valence-electron chi connectivity index (χ3n) is 4.81. The average Bonchev–Trinajstić information content (AvgIpc) is 3.17. The predicted octanol–water partition coefficient (Wildman–Crippen LogP) is 3.91. The van der Waals surface area contributed by atoms with Crippen LogP contribution >= 0.6 is 11.3 Å². The van der Waals surface area contributed by atoms with Crippen LogP contribution in [0.2, 0.25) is 0 Å². The van der Waals surface area contributed by atoms with Crippen LogP contribution in [-0.4, -0.2) is 22.0 Å². The van der Waals surface area contributed by atoms with Crippen molar-refractivity contribution in [2.75, 3.05) is 0 Å². The van der Waals surface area contributed by atoms with Gasteiger partial charge in [0, 0.05) is 18.0 Å². The minimum atomic E-state index is -0.874. The molecule has 0 saturated heterocycles. The monoisotopic (exact) mass is 379 g/mol. The summed E-state index contributed by atoms with van der Waals surface area (Å²) >= 11 is 1.49. The Kier molecular flexibility index (Phi) is 5.34. The van der Waals surface area contributed by atoms with Crippen LogP contribution in [0.4, 0.5) is 0 Å². The second-order valence-electron chi connectivity index (χ2n) is 6.68. The molecule has 3 aromatic rings. The lowest BCUT2D eigenvalue weighted by Gasteiger charge is -2.37. The normalized spacial score (nSPS) is 19.4. The number of fused-ring (bicyclic) bond motifs is 1. The number of carbonyl (C=O) groups excluding carboxylic acids is 1. The Bertz CT molecular complexity index is 894. The van der Waals surface area contributed by atoms with E-state index in [1.807, 2.05) is 77.0 Å². The molecule has 27 heavy (non-hydrogen) atoms. The number of aliphatic hydroxyl groups excluding tert-OH is 1. The van der Waals surface area contributed by atoms with Gasteiger partial charge >= 0.3 is 5.97 Å². The van der Waals surface area contributed by atoms with Gasteiger partial charge in [0.2, 0.25) is 0 Å². The van der Waals surface area contributed by atoms with E-state index in [2.05, 4.69) is 0 Å². The van der Waals surface area contributed by atoms with Gasteiger partial charge in [0.05, 0.1) is 0 Å². The quantitative estimate of drug-likeness (QED) is 0.683. The summed E-state index contributed by atoms with van der Waals surface area (Å²) in [6.45, 7) is 1.41. The van der Waals surface area contributed by atoms with Gasteiger partial charge in [-0.1, -0.05) is 60.7 Å². The highest BCUT2D eigenvalue weighted by atomic mass is 32.1. The highest BCUT2D eigenvalue weighted by molar-refractivity contribution is 7.10. The Morgan fingerprint density at radius 3 is 2.41 bits per heavy atom. The van der Waals surface area contributed by atoms with E-state index in [9.17, 15) is 9.90 Å². The van der Waals surface area contributed by atoms with E-state index in [0.29, 0.717) is 13.1 Å². The largest absolute Gasteiger partial charge is 0.460 e. The molecule has 1 N–H and O–H groups in total. The molecular weight excluding hydrogens is 358 g/mol. The predicted molar refractivity (Wildman–Crippen MR) is 105 cm³/mol. The van der Waals surface area contributed by atoms with E-state index in [1.54, 1.807) is 0 Å². The molecule has 4 rings (SSSR count). The number of benzene rings is 2. The van der Waals surface area contributed by atoms with E-state index in [4.69, 9.17) is 4.74 Å². The SMILES string of the molecule is O=C(OCc1ccccc1)C1C(O)c2sccc2CN1Cc1ccccc1. The lowest BCUT2D eigenvalue weighted by molar-refractivity contribution is -0.158. The van der Waals surface area contributed by atoms with E-state index in [0.717, 1.165) is 21.6 Å². The van der Waals surface area contributed by atoms with Crippen LogP contribution in [0.25, 0.3) is 0 Å². The molecule has 2 aromatic carbocycles. The van der Waals surface area contributed by atoms with Crippen LogP contribution in [0.15, 0.2) is 72.1 Å². The first kappa shape index (κ1) is 17.9. The Labute approximate surface area is 162 Å². The fraction of sp³-hybridized carbons (Fsp3) is 0.227. The Balaban J connectivity index is 1.55. The maximum absolute atomic E-state index is 12.9. The molecule has 2 heterocycles. The number of nitrogens with zero attached hydrogens (tertiary/aromatic N) is 1. The third kappa shape index (κ3) is 3.95. The summed E-state index contributed by atoms with van der Waals surface area (Å²) in [5, 5.41) is 12.9. The lowest BCUT2D eigenvalue weighted by Crippen LogP contribution is -2.48. The molecule has 0 spiro atoms. The van der Waals surface area contributed by atoms with Gasteiger partial charge in [-0.05, 0) is 28.1 Å². The maximum Gasteiger partial charge on any atom is 0.326 e. The van der Waals surface area contributed by atoms with E-state index in [1.165, 1.54) is 11.3 Å². The number of aliphatic hydroxyl groups is 1. The van der Waals surface area contributed by atoms with Gasteiger partial charge in [0.1, 0.15) is 18.8 Å². The summed E-state index contributed by atoms with van der Waals surface area (Å²) in [6.07, 6.45) is -0.874. The van der Waals surface area contributed by atoms with Crippen molar-refractivity contribution in [2.24, 2.45) is 0 Å². The van der Waals surface area contributed by atoms with E-state index in [-0.39, 0.29) is 12.6 Å². The maximum atomic E-state index is 12.9. The van der Waals surface area contributed by atoms with Gasteiger partial charge in [-0.25, -0.2) is 0 Å². The van der Waals surface area contributed by atoms with Crippen LogP contribution in [0, 0.1) is 0 Å². The highest BCUT2D eigenvalue weighted by Crippen LogP contribution is 2.36. The van der Waals surface area contributed by atoms with Crippen LogP contribution in [-0.2, 0) is 29.2 Å². The summed E-state index contributed by atoms with van der Waals surface area (Å²) in [7, 11) is 0. The van der Waals surface area contributed by atoms with Crippen LogP contribution in [0.5, 0.6) is 0 Å². The molecule has 0 bridgehead atoms. The summed E-state index contributed by atoms with van der Waals surface area (Å²) < 4.78 is 5.56. The zero-order valence-electron chi connectivity index (χ0n) is 14.8. The van der Waals surface area contributed by atoms with Crippen LogP contribution < -0.4 is 0 Å². The fourth-order valence-corrected chi connectivity index (χ4v) is 4.39. The zero-order valence-corrected chi connectivity index (χ0v) is 15.6. The first-order valence-electron chi connectivity index (χ1n) is 8.95. The highest BCUT2D eigenvalue weighted by Gasteiger charge is 2.40. The number of hydrogen-bond acceptors (Lipinski definition) is 5. The molecule has 0 aliphatic carbocycles. The fourth-order valence-electron chi connectivity index (χ4n) is 3.46. The molecule has 138 valence electrons. The Morgan fingerprint density at radius 2 is 1.70 bits per heavy atom. The number of carbonyl (C=O) groups is 1. The van der Waals surface area contributed by atoms with Crippen molar-refractivity contribution in [3.8, 4) is 0 Å². The van der Waals surface area contributed by atoms with Gasteiger partial charge in [0.25, 0.3) is 0 Å². The lowest BCUT2D eigenvalue weighted by atomic mass is 9.98. The number of ether oxygens (including phenoxy) is 1. The second kappa shape index (κ2) is 8.05. The summed E-state index contributed by atoms with van der Waals surface area (Å²) in [4.78, 5) is 15.8. The third-order valence-corrected chi connectivity index (χ3v) is 5.84. The van der Waals surface area contributed by atoms with Crippen molar-refractivity contribution < 1.29 is 14.6 Å². The molecule has 1 aliphatic heterocycles. The minimum Gasteiger partial charge on any atom is -0.460 e. The molecule has 1 aromatic heterocycles. The van der Waals surface area contributed by atoms with Crippen molar-refractivity contribution in [3.05, 3.63) is 93.7 Å². The standard InChI is InChI=1S/C22H21NO3S/c24-20-19(22(25)26-15-17-9-5-2-6-10-17)23(13-16-7-3-1-4-8-16)14-18-11-12-27-21(18)20/h1-12,19-20,24H,13-15H2. The Hall–Kier alpha value is -2.47. The molecule has 2 atom stereocenters. The molecule has 5 heteroatoms. The summed E-state index contributed by atoms with van der Waals surface area (Å²) in [6, 6.07) is 20.9. The van der Waals surface area contributed by atoms with Gasteiger partial charge in [-0.15, -0.1) is 11.3 Å². The van der Waals surface area contributed by atoms with Crippen molar-refractivity contribution >= 4 is 17.3 Å². The molecular formula is C22H21NO3S. The first-order chi connectivity index (χ1) is 13.2. The van der Waals surface area contributed by atoms with Crippen LogP contribution in [0.3, 0.4) is 0 Å². The van der Waals surface area contributed by atoms with Crippen LogP contribution in [0.1, 0.15) is 27.7 Å².